The van der Waals surface area contributed by atoms with Crippen LogP contribution in [0.5, 0.6) is 0 Å². The maximum atomic E-state index is 11.0. The third kappa shape index (κ3) is 1.86. The number of carboxylic acid groups (broad SMARTS) is 1. The maximum Gasteiger partial charge on any atom is 0.356 e. The zero-order valence-corrected chi connectivity index (χ0v) is 7.87. The summed E-state index contributed by atoms with van der Waals surface area (Å²) < 4.78 is 23.1. The van der Waals surface area contributed by atoms with Crippen LogP contribution in [-0.4, -0.2) is 35.5 Å². The molecule has 0 radical (unpaired) electrons. The second-order valence-electron chi connectivity index (χ2n) is 2.57. The first-order valence-electron chi connectivity index (χ1n) is 3.30. The average molecular weight is 204 g/mol. The molecule has 0 unspecified atom stereocenters. The predicted molar refractivity (Wildman–Crippen MR) is 43.3 cm³/mol. The second kappa shape index (κ2) is 2.84. The maximum absolute atomic E-state index is 11.0. The number of aromatic nitrogens is 2. The summed E-state index contributed by atoms with van der Waals surface area (Å²) in [6.45, 7) is 0. The van der Waals surface area contributed by atoms with Crippen LogP contribution in [0.25, 0.3) is 0 Å². The molecule has 13 heavy (non-hydrogen) atoms. The number of aryl methyl sites for hydroxylation is 1. The van der Waals surface area contributed by atoms with Gasteiger partial charge in [-0.1, -0.05) is 0 Å². The molecule has 0 aliphatic rings. The topological polar surface area (TPSA) is 89.3 Å². The van der Waals surface area contributed by atoms with Crippen LogP contribution in [0.1, 0.15) is 10.5 Å². The summed E-state index contributed by atoms with van der Waals surface area (Å²) in [5.74, 6) is -1.24. The minimum Gasteiger partial charge on any atom is -0.476 e. The van der Waals surface area contributed by atoms with Crippen molar-refractivity contribution in [1.82, 2.24) is 9.78 Å². The van der Waals surface area contributed by atoms with E-state index in [9.17, 15) is 13.2 Å². The summed E-state index contributed by atoms with van der Waals surface area (Å²) in [5.41, 5.74) is -0.275. The summed E-state index contributed by atoms with van der Waals surface area (Å²) in [7, 11) is -2.03. The van der Waals surface area contributed by atoms with Crippen molar-refractivity contribution in [3.05, 3.63) is 11.8 Å². The van der Waals surface area contributed by atoms with Crippen molar-refractivity contribution in [2.45, 2.75) is 5.03 Å². The van der Waals surface area contributed by atoms with E-state index in [1.165, 1.54) is 7.05 Å². The van der Waals surface area contributed by atoms with E-state index in [0.717, 1.165) is 17.0 Å². The summed E-state index contributed by atoms with van der Waals surface area (Å²) in [5, 5.41) is 11.9. The molecule has 1 N–H and O–H groups in total. The van der Waals surface area contributed by atoms with Gasteiger partial charge in [0, 0.05) is 19.4 Å². The highest BCUT2D eigenvalue weighted by Crippen LogP contribution is 2.09. The summed E-state index contributed by atoms with van der Waals surface area (Å²) >= 11 is 0. The van der Waals surface area contributed by atoms with Crippen LogP contribution in [0.4, 0.5) is 0 Å². The predicted octanol–water partition coefficient (Wildman–Crippen LogP) is -0.478. The van der Waals surface area contributed by atoms with Gasteiger partial charge in [0.25, 0.3) is 0 Å². The Hall–Kier alpha value is -1.37. The van der Waals surface area contributed by atoms with Crippen LogP contribution in [0, 0.1) is 0 Å². The van der Waals surface area contributed by atoms with Crippen molar-refractivity contribution in [3.8, 4) is 0 Å². The van der Waals surface area contributed by atoms with Crippen LogP contribution < -0.4 is 0 Å². The van der Waals surface area contributed by atoms with Gasteiger partial charge in [-0.2, -0.15) is 5.10 Å². The Morgan fingerprint density at radius 2 is 2.15 bits per heavy atom. The normalized spacial score (nSPS) is 11.5. The average Bonchev–Trinajstić information content (AvgIpc) is 2.29. The molecular weight excluding hydrogens is 196 g/mol. The van der Waals surface area contributed by atoms with Gasteiger partial charge in [0.1, 0.15) is 0 Å². The first-order valence-corrected chi connectivity index (χ1v) is 5.19. The number of hydrogen-bond acceptors (Lipinski definition) is 4. The fourth-order valence-electron chi connectivity index (χ4n) is 0.902. The number of carboxylic acids is 1. The van der Waals surface area contributed by atoms with Gasteiger partial charge in [-0.15, -0.1) is 0 Å². The lowest BCUT2D eigenvalue weighted by atomic mass is 10.4. The molecular formula is C6H8N2O4S. The molecule has 1 rings (SSSR count). The Kier molecular flexibility index (Phi) is 2.12. The van der Waals surface area contributed by atoms with Crippen LogP contribution in [-0.2, 0) is 16.9 Å². The van der Waals surface area contributed by atoms with Crippen molar-refractivity contribution in [1.29, 1.82) is 0 Å². The van der Waals surface area contributed by atoms with Gasteiger partial charge in [0.15, 0.2) is 20.6 Å². The van der Waals surface area contributed by atoms with Gasteiger partial charge in [0.05, 0.1) is 0 Å². The van der Waals surface area contributed by atoms with Gasteiger partial charge in [-0.3, -0.25) is 4.68 Å². The fourth-order valence-corrected chi connectivity index (χ4v) is 1.75. The Bertz CT molecular complexity index is 445. The lowest BCUT2D eigenvalue weighted by Gasteiger charge is -1.95. The SMILES string of the molecule is Cn1nc(C(=O)O)cc1S(C)(=O)=O. The molecule has 1 aromatic rings. The minimum atomic E-state index is -3.41. The number of nitrogens with zero attached hydrogens (tertiary/aromatic N) is 2. The molecule has 0 saturated carbocycles. The molecule has 72 valence electrons. The number of rotatable bonds is 2. The molecule has 0 atom stereocenters. The highest BCUT2D eigenvalue weighted by atomic mass is 32.2. The summed E-state index contributed by atoms with van der Waals surface area (Å²) in [4.78, 5) is 10.4. The van der Waals surface area contributed by atoms with Crippen LogP contribution in [0.15, 0.2) is 11.1 Å². The number of carbonyl (C=O) groups is 1. The monoisotopic (exact) mass is 204 g/mol. The first kappa shape index (κ1) is 9.72. The van der Waals surface area contributed by atoms with Crippen molar-refractivity contribution in [2.24, 2.45) is 7.05 Å². The standard InChI is InChI=1S/C6H8N2O4S/c1-8-5(13(2,11)12)3-4(7-8)6(9)10/h3H,1-2H3,(H,9,10). The first-order chi connectivity index (χ1) is 5.82. The Morgan fingerprint density at radius 3 is 2.38 bits per heavy atom. The molecule has 0 amide bonds. The van der Waals surface area contributed by atoms with E-state index in [1.807, 2.05) is 0 Å². The number of sulfone groups is 1. The zero-order valence-electron chi connectivity index (χ0n) is 7.05. The second-order valence-corrected chi connectivity index (χ2v) is 4.53. The molecule has 0 fully saturated rings. The lowest BCUT2D eigenvalue weighted by molar-refractivity contribution is 0.0689. The van der Waals surface area contributed by atoms with Crippen molar-refractivity contribution in [2.75, 3.05) is 6.26 Å². The van der Waals surface area contributed by atoms with Gasteiger partial charge >= 0.3 is 5.97 Å². The highest BCUT2D eigenvalue weighted by Gasteiger charge is 2.17. The van der Waals surface area contributed by atoms with Gasteiger partial charge in [-0.25, -0.2) is 13.2 Å². The molecule has 6 nitrogen and oxygen atoms in total. The van der Waals surface area contributed by atoms with Crippen LogP contribution in [0.2, 0.25) is 0 Å². The highest BCUT2D eigenvalue weighted by molar-refractivity contribution is 7.90. The van der Waals surface area contributed by atoms with Gasteiger partial charge in [0.2, 0.25) is 0 Å². The fraction of sp³-hybridized carbons (Fsp3) is 0.333. The molecule has 0 aliphatic carbocycles. The van der Waals surface area contributed by atoms with E-state index in [0.29, 0.717) is 0 Å². The zero-order chi connectivity index (χ0) is 10.2. The van der Waals surface area contributed by atoms with E-state index < -0.39 is 15.8 Å². The number of aromatic carboxylic acids is 1. The largest absolute Gasteiger partial charge is 0.476 e. The molecule has 0 spiro atoms. The van der Waals surface area contributed by atoms with E-state index in [2.05, 4.69) is 5.10 Å². The molecule has 1 aromatic heterocycles. The smallest absolute Gasteiger partial charge is 0.356 e. The van der Waals surface area contributed by atoms with Crippen molar-refractivity contribution in [3.63, 3.8) is 0 Å². The molecule has 0 saturated heterocycles. The Balaban J connectivity index is 3.35. The van der Waals surface area contributed by atoms with Gasteiger partial charge < -0.3 is 5.11 Å². The third-order valence-corrected chi connectivity index (χ3v) is 2.58. The van der Waals surface area contributed by atoms with Gasteiger partial charge in [-0.05, 0) is 0 Å². The molecule has 7 heteroatoms. The molecule has 0 aliphatic heterocycles. The van der Waals surface area contributed by atoms with Crippen molar-refractivity contribution >= 4 is 15.8 Å². The Morgan fingerprint density at radius 1 is 1.62 bits per heavy atom. The molecule has 0 aromatic carbocycles. The van der Waals surface area contributed by atoms with E-state index >= 15 is 0 Å². The van der Waals surface area contributed by atoms with E-state index in [-0.39, 0.29) is 10.7 Å². The van der Waals surface area contributed by atoms with Crippen LogP contribution in [0.3, 0.4) is 0 Å². The summed E-state index contributed by atoms with van der Waals surface area (Å²) in [6.07, 6.45) is 0.996. The minimum absolute atomic E-state index is 0.107. The Labute approximate surface area is 74.7 Å². The molecule has 1 heterocycles. The van der Waals surface area contributed by atoms with Crippen LogP contribution >= 0.6 is 0 Å². The van der Waals surface area contributed by atoms with Crippen molar-refractivity contribution < 1.29 is 18.3 Å². The van der Waals surface area contributed by atoms with E-state index in [1.54, 1.807) is 0 Å². The lowest BCUT2D eigenvalue weighted by Crippen LogP contribution is -2.05. The quantitative estimate of drug-likeness (QED) is 0.702. The molecule has 0 bridgehead atoms. The van der Waals surface area contributed by atoms with E-state index in [4.69, 9.17) is 5.11 Å². The third-order valence-electron chi connectivity index (χ3n) is 1.44. The summed E-state index contributed by atoms with van der Waals surface area (Å²) in [6, 6.07) is 1.03. The number of hydrogen-bond donors (Lipinski definition) is 1.